The summed E-state index contributed by atoms with van der Waals surface area (Å²) in [6, 6.07) is 10.0. The molecule has 2 nitrogen and oxygen atoms in total. The molecular formula is C12H9ClN2. The maximum absolute atomic E-state index is 8.91. The van der Waals surface area contributed by atoms with Crippen molar-refractivity contribution in [3.8, 4) is 17.2 Å². The first-order chi connectivity index (χ1) is 7.22. The second-order valence-electron chi connectivity index (χ2n) is 3.36. The van der Waals surface area contributed by atoms with Crippen LogP contribution in [0.1, 0.15) is 11.3 Å². The van der Waals surface area contributed by atoms with Gasteiger partial charge in [-0.2, -0.15) is 5.26 Å². The first-order valence-corrected chi connectivity index (χ1v) is 4.94. The van der Waals surface area contributed by atoms with E-state index in [9.17, 15) is 0 Å². The summed E-state index contributed by atoms with van der Waals surface area (Å²) >= 11 is 6.02. The summed E-state index contributed by atoms with van der Waals surface area (Å²) in [5.41, 5.74) is 3.43. The SMILES string of the molecule is Cc1ccc(-c2c(Cl)c[nH]c2C#N)cc1. The number of aromatic nitrogens is 1. The molecule has 0 saturated heterocycles. The molecule has 1 N–H and O–H groups in total. The zero-order valence-corrected chi connectivity index (χ0v) is 8.97. The maximum Gasteiger partial charge on any atom is 0.127 e. The Labute approximate surface area is 93.1 Å². The summed E-state index contributed by atoms with van der Waals surface area (Å²) < 4.78 is 0. The van der Waals surface area contributed by atoms with Gasteiger partial charge in [-0.15, -0.1) is 0 Å². The summed E-state index contributed by atoms with van der Waals surface area (Å²) in [6.07, 6.45) is 1.63. The summed E-state index contributed by atoms with van der Waals surface area (Å²) in [4.78, 5) is 2.84. The molecule has 0 unspecified atom stereocenters. The van der Waals surface area contributed by atoms with Gasteiger partial charge < -0.3 is 4.98 Å². The second kappa shape index (κ2) is 3.80. The Hall–Kier alpha value is -1.72. The third kappa shape index (κ3) is 1.74. The molecule has 0 atom stereocenters. The Kier molecular flexibility index (Phi) is 2.49. The van der Waals surface area contributed by atoms with E-state index in [0.717, 1.165) is 11.1 Å². The Morgan fingerprint density at radius 3 is 2.53 bits per heavy atom. The number of hydrogen-bond donors (Lipinski definition) is 1. The molecule has 0 fully saturated rings. The highest BCUT2D eigenvalue weighted by molar-refractivity contribution is 6.33. The molecule has 1 heterocycles. The van der Waals surface area contributed by atoms with E-state index in [0.29, 0.717) is 10.7 Å². The van der Waals surface area contributed by atoms with Crippen LogP contribution in [-0.2, 0) is 0 Å². The van der Waals surface area contributed by atoms with E-state index in [-0.39, 0.29) is 0 Å². The number of halogens is 1. The quantitative estimate of drug-likeness (QED) is 0.779. The molecule has 2 rings (SSSR count). The average molecular weight is 217 g/mol. The average Bonchev–Trinajstić information content (AvgIpc) is 2.61. The van der Waals surface area contributed by atoms with Gasteiger partial charge in [0.2, 0.25) is 0 Å². The van der Waals surface area contributed by atoms with Gasteiger partial charge in [0.15, 0.2) is 0 Å². The van der Waals surface area contributed by atoms with Gasteiger partial charge in [0.25, 0.3) is 0 Å². The molecule has 74 valence electrons. The van der Waals surface area contributed by atoms with Gasteiger partial charge in [-0.3, -0.25) is 0 Å². The van der Waals surface area contributed by atoms with Gasteiger partial charge in [-0.05, 0) is 12.5 Å². The van der Waals surface area contributed by atoms with Crippen LogP contribution in [0.5, 0.6) is 0 Å². The van der Waals surface area contributed by atoms with E-state index >= 15 is 0 Å². The molecule has 0 saturated carbocycles. The first-order valence-electron chi connectivity index (χ1n) is 4.56. The Morgan fingerprint density at radius 1 is 1.27 bits per heavy atom. The van der Waals surface area contributed by atoms with Crippen molar-refractivity contribution in [1.29, 1.82) is 5.26 Å². The van der Waals surface area contributed by atoms with Crippen LogP contribution in [0.25, 0.3) is 11.1 Å². The number of aryl methyl sites for hydroxylation is 1. The van der Waals surface area contributed by atoms with Gasteiger partial charge in [-0.25, -0.2) is 0 Å². The third-order valence-corrected chi connectivity index (χ3v) is 2.58. The lowest BCUT2D eigenvalue weighted by Gasteiger charge is -2.00. The van der Waals surface area contributed by atoms with Crippen molar-refractivity contribution < 1.29 is 0 Å². The monoisotopic (exact) mass is 216 g/mol. The molecule has 3 heteroatoms. The van der Waals surface area contributed by atoms with Crippen LogP contribution < -0.4 is 0 Å². The fourth-order valence-electron chi connectivity index (χ4n) is 1.49. The standard InChI is InChI=1S/C12H9ClN2/c1-8-2-4-9(5-3-8)12-10(13)7-15-11(12)6-14/h2-5,7,15H,1H3. The number of aromatic amines is 1. The highest BCUT2D eigenvalue weighted by Gasteiger charge is 2.10. The number of benzene rings is 1. The summed E-state index contributed by atoms with van der Waals surface area (Å²) in [6.45, 7) is 2.02. The highest BCUT2D eigenvalue weighted by atomic mass is 35.5. The molecule has 0 aliphatic rings. The van der Waals surface area contributed by atoms with E-state index < -0.39 is 0 Å². The lowest BCUT2D eigenvalue weighted by atomic mass is 10.1. The lowest BCUT2D eigenvalue weighted by Crippen LogP contribution is -1.81. The first kappa shape index (κ1) is 9.82. The van der Waals surface area contributed by atoms with Crippen LogP contribution in [0.3, 0.4) is 0 Å². The predicted molar refractivity (Wildman–Crippen MR) is 60.7 cm³/mol. The smallest absolute Gasteiger partial charge is 0.127 e. The molecule has 2 aromatic rings. The van der Waals surface area contributed by atoms with Crippen molar-refractivity contribution in [1.82, 2.24) is 4.98 Å². The highest BCUT2D eigenvalue weighted by Crippen LogP contribution is 2.30. The zero-order valence-electron chi connectivity index (χ0n) is 8.21. The van der Waals surface area contributed by atoms with Crippen molar-refractivity contribution in [3.05, 3.63) is 46.7 Å². The van der Waals surface area contributed by atoms with E-state index in [1.807, 2.05) is 31.2 Å². The van der Waals surface area contributed by atoms with Crippen LogP contribution in [0, 0.1) is 18.3 Å². The topological polar surface area (TPSA) is 39.6 Å². The third-order valence-electron chi connectivity index (χ3n) is 2.28. The molecule has 0 spiro atoms. The molecule has 0 radical (unpaired) electrons. The molecule has 15 heavy (non-hydrogen) atoms. The number of nitrogens with zero attached hydrogens (tertiary/aromatic N) is 1. The second-order valence-corrected chi connectivity index (χ2v) is 3.77. The fraction of sp³-hybridized carbons (Fsp3) is 0.0833. The Balaban J connectivity index is 2.59. The van der Waals surface area contributed by atoms with Crippen molar-refractivity contribution in [2.45, 2.75) is 6.92 Å². The molecule has 0 aliphatic carbocycles. The minimum absolute atomic E-state index is 0.504. The van der Waals surface area contributed by atoms with Crippen LogP contribution in [0.2, 0.25) is 5.02 Å². The zero-order chi connectivity index (χ0) is 10.8. The van der Waals surface area contributed by atoms with Crippen molar-refractivity contribution in [3.63, 3.8) is 0 Å². The molecule has 0 bridgehead atoms. The maximum atomic E-state index is 8.91. The minimum atomic E-state index is 0.504. The molecule has 0 amide bonds. The van der Waals surface area contributed by atoms with Gasteiger partial charge in [0, 0.05) is 11.8 Å². The van der Waals surface area contributed by atoms with E-state index in [4.69, 9.17) is 16.9 Å². The number of nitriles is 1. The van der Waals surface area contributed by atoms with E-state index in [1.165, 1.54) is 5.56 Å². The van der Waals surface area contributed by atoms with E-state index in [1.54, 1.807) is 6.20 Å². The van der Waals surface area contributed by atoms with Crippen molar-refractivity contribution >= 4 is 11.6 Å². The van der Waals surface area contributed by atoms with Crippen LogP contribution in [0.4, 0.5) is 0 Å². The Morgan fingerprint density at radius 2 is 1.93 bits per heavy atom. The lowest BCUT2D eigenvalue weighted by molar-refractivity contribution is 1.33. The summed E-state index contributed by atoms with van der Waals surface area (Å²) in [7, 11) is 0. The van der Waals surface area contributed by atoms with Gasteiger partial charge in [0.05, 0.1) is 5.02 Å². The minimum Gasteiger partial charge on any atom is -0.351 e. The Bertz CT molecular complexity index is 518. The molecular weight excluding hydrogens is 208 g/mol. The van der Waals surface area contributed by atoms with Crippen LogP contribution in [-0.4, -0.2) is 4.98 Å². The van der Waals surface area contributed by atoms with E-state index in [2.05, 4.69) is 11.1 Å². The van der Waals surface area contributed by atoms with Crippen LogP contribution >= 0.6 is 11.6 Å². The molecule has 1 aromatic carbocycles. The largest absolute Gasteiger partial charge is 0.351 e. The normalized spacial score (nSPS) is 9.93. The van der Waals surface area contributed by atoms with Crippen LogP contribution in [0.15, 0.2) is 30.5 Å². The van der Waals surface area contributed by atoms with Gasteiger partial charge in [-0.1, -0.05) is 41.4 Å². The molecule has 1 aromatic heterocycles. The number of hydrogen-bond acceptors (Lipinski definition) is 1. The number of rotatable bonds is 1. The van der Waals surface area contributed by atoms with Gasteiger partial charge in [0.1, 0.15) is 11.8 Å². The number of nitrogens with one attached hydrogen (secondary N) is 1. The van der Waals surface area contributed by atoms with Gasteiger partial charge >= 0.3 is 0 Å². The summed E-state index contributed by atoms with van der Waals surface area (Å²) in [5, 5.41) is 9.49. The van der Waals surface area contributed by atoms with Crippen molar-refractivity contribution in [2.75, 3.05) is 0 Å². The van der Waals surface area contributed by atoms with Crippen molar-refractivity contribution in [2.24, 2.45) is 0 Å². The summed E-state index contributed by atoms with van der Waals surface area (Å²) in [5.74, 6) is 0. The fourth-order valence-corrected chi connectivity index (χ4v) is 1.75. The number of H-pyrrole nitrogens is 1. The predicted octanol–water partition coefficient (Wildman–Crippen LogP) is 3.52. The molecule has 0 aliphatic heterocycles.